The molecule has 1 atom stereocenters. The Hall–Kier alpha value is -1.45. The van der Waals surface area contributed by atoms with Crippen LogP contribution in [-0.4, -0.2) is 19.9 Å². The molecule has 0 aliphatic heterocycles. The highest BCUT2D eigenvalue weighted by atomic mass is 32.2. The van der Waals surface area contributed by atoms with Gasteiger partial charge in [-0.2, -0.15) is 0 Å². The first-order valence-electron chi connectivity index (χ1n) is 6.74. The topological polar surface area (TPSA) is 21.3 Å². The van der Waals surface area contributed by atoms with E-state index in [1.165, 1.54) is 16.0 Å². The number of hydrogen-bond acceptors (Lipinski definition) is 3. The standard InChI is InChI=1S/C17H21NOS/c1-13-8-10-14(11-9-13)20-12-16(18-2)15-6-4-5-7-17(15)19-3/h4-11,16,18H,12H2,1-3H3. The number of thioether (sulfide) groups is 1. The third kappa shape index (κ3) is 3.78. The smallest absolute Gasteiger partial charge is 0.123 e. The summed E-state index contributed by atoms with van der Waals surface area (Å²) in [6.45, 7) is 2.11. The van der Waals surface area contributed by atoms with E-state index in [4.69, 9.17) is 4.74 Å². The Morgan fingerprint density at radius 2 is 1.80 bits per heavy atom. The van der Waals surface area contributed by atoms with Gasteiger partial charge in [-0.3, -0.25) is 0 Å². The van der Waals surface area contributed by atoms with Crippen LogP contribution in [0.4, 0.5) is 0 Å². The normalized spacial score (nSPS) is 12.2. The van der Waals surface area contributed by atoms with Crippen molar-refractivity contribution >= 4 is 11.8 Å². The first kappa shape index (κ1) is 14.9. The van der Waals surface area contributed by atoms with E-state index in [0.29, 0.717) is 0 Å². The quantitative estimate of drug-likeness (QED) is 0.810. The lowest BCUT2D eigenvalue weighted by Gasteiger charge is -2.19. The lowest BCUT2D eigenvalue weighted by molar-refractivity contribution is 0.404. The van der Waals surface area contributed by atoms with Crippen LogP contribution in [-0.2, 0) is 0 Å². The summed E-state index contributed by atoms with van der Waals surface area (Å²) in [4.78, 5) is 1.30. The molecule has 2 aromatic rings. The molecule has 0 saturated carbocycles. The summed E-state index contributed by atoms with van der Waals surface area (Å²) in [6.07, 6.45) is 0. The summed E-state index contributed by atoms with van der Waals surface area (Å²) >= 11 is 1.86. The van der Waals surface area contributed by atoms with E-state index >= 15 is 0 Å². The van der Waals surface area contributed by atoms with Gasteiger partial charge < -0.3 is 10.1 Å². The molecule has 0 bridgehead atoms. The van der Waals surface area contributed by atoms with Crippen molar-refractivity contribution in [3.05, 3.63) is 59.7 Å². The summed E-state index contributed by atoms with van der Waals surface area (Å²) in [5, 5.41) is 3.37. The van der Waals surface area contributed by atoms with Crippen LogP contribution in [0.5, 0.6) is 5.75 Å². The summed E-state index contributed by atoms with van der Waals surface area (Å²) in [5.74, 6) is 1.91. The van der Waals surface area contributed by atoms with Crippen LogP contribution in [0, 0.1) is 6.92 Å². The molecule has 106 valence electrons. The van der Waals surface area contributed by atoms with Crippen molar-refractivity contribution in [2.24, 2.45) is 0 Å². The molecule has 0 fully saturated rings. The van der Waals surface area contributed by atoms with Crippen LogP contribution in [0.2, 0.25) is 0 Å². The van der Waals surface area contributed by atoms with E-state index in [-0.39, 0.29) is 6.04 Å². The van der Waals surface area contributed by atoms with Gasteiger partial charge in [0.25, 0.3) is 0 Å². The molecule has 0 radical (unpaired) electrons. The molecule has 20 heavy (non-hydrogen) atoms. The van der Waals surface area contributed by atoms with Crippen LogP contribution in [0.1, 0.15) is 17.2 Å². The largest absolute Gasteiger partial charge is 0.496 e. The Balaban J connectivity index is 2.07. The lowest BCUT2D eigenvalue weighted by atomic mass is 10.1. The molecule has 2 rings (SSSR count). The van der Waals surface area contributed by atoms with Gasteiger partial charge in [0, 0.05) is 22.3 Å². The van der Waals surface area contributed by atoms with Crippen LogP contribution in [0.15, 0.2) is 53.4 Å². The molecule has 0 aromatic heterocycles. The summed E-state index contributed by atoms with van der Waals surface area (Å²) < 4.78 is 5.45. The first-order chi connectivity index (χ1) is 9.74. The van der Waals surface area contributed by atoms with E-state index in [2.05, 4.69) is 48.6 Å². The molecule has 2 nitrogen and oxygen atoms in total. The highest BCUT2D eigenvalue weighted by molar-refractivity contribution is 7.99. The molecule has 3 heteroatoms. The van der Waals surface area contributed by atoms with Crippen molar-refractivity contribution in [3.8, 4) is 5.75 Å². The van der Waals surface area contributed by atoms with E-state index in [9.17, 15) is 0 Å². The molecule has 0 amide bonds. The van der Waals surface area contributed by atoms with Crippen molar-refractivity contribution in [1.82, 2.24) is 5.32 Å². The molecule has 0 aliphatic carbocycles. The number of methoxy groups -OCH3 is 1. The maximum absolute atomic E-state index is 5.45. The molecule has 0 aliphatic rings. The fourth-order valence-electron chi connectivity index (χ4n) is 2.10. The van der Waals surface area contributed by atoms with Crippen molar-refractivity contribution in [2.75, 3.05) is 19.9 Å². The first-order valence-corrected chi connectivity index (χ1v) is 7.73. The number of aryl methyl sites for hydroxylation is 1. The SMILES string of the molecule is CNC(CSc1ccc(C)cc1)c1ccccc1OC. The number of hydrogen-bond donors (Lipinski definition) is 1. The van der Waals surface area contributed by atoms with Gasteiger partial charge in [0.2, 0.25) is 0 Å². The second kappa shape index (κ2) is 7.36. The fourth-order valence-corrected chi connectivity index (χ4v) is 3.13. The van der Waals surface area contributed by atoms with Crippen molar-refractivity contribution < 1.29 is 4.74 Å². The second-order valence-electron chi connectivity index (χ2n) is 4.71. The number of para-hydroxylation sites is 1. The molecular formula is C17H21NOS. The zero-order valence-electron chi connectivity index (χ0n) is 12.2. The number of nitrogens with one attached hydrogen (secondary N) is 1. The number of rotatable bonds is 6. The third-order valence-electron chi connectivity index (χ3n) is 3.30. The van der Waals surface area contributed by atoms with Crippen molar-refractivity contribution in [2.45, 2.75) is 17.9 Å². The third-order valence-corrected chi connectivity index (χ3v) is 4.41. The molecule has 1 N–H and O–H groups in total. The average molecular weight is 287 g/mol. The average Bonchev–Trinajstić information content (AvgIpc) is 2.50. The van der Waals surface area contributed by atoms with Gasteiger partial charge in [0.1, 0.15) is 5.75 Å². The predicted octanol–water partition coefficient (Wildman–Crippen LogP) is 4.06. The fraction of sp³-hybridized carbons (Fsp3) is 0.294. The zero-order valence-corrected chi connectivity index (χ0v) is 13.0. The molecule has 1 unspecified atom stereocenters. The van der Waals surface area contributed by atoms with Gasteiger partial charge in [-0.1, -0.05) is 35.9 Å². The highest BCUT2D eigenvalue weighted by Gasteiger charge is 2.14. The highest BCUT2D eigenvalue weighted by Crippen LogP contribution is 2.29. The van der Waals surface area contributed by atoms with Gasteiger partial charge in [0.15, 0.2) is 0 Å². The van der Waals surface area contributed by atoms with E-state index in [1.54, 1.807) is 7.11 Å². The van der Waals surface area contributed by atoms with E-state index < -0.39 is 0 Å². The summed E-state index contributed by atoms with van der Waals surface area (Å²) in [7, 11) is 3.71. The zero-order chi connectivity index (χ0) is 14.4. The summed E-state index contributed by atoms with van der Waals surface area (Å²) in [6, 6.07) is 17.1. The molecule has 0 spiro atoms. The maximum atomic E-state index is 5.45. The minimum atomic E-state index is 0.275. The Kier molecular flexibility index (Phi) is 5.50. The van der Waals surface area contributed by atoms with Gasteiger partial charge in [-0.15, -0.1) is 11.8 Å². The molecule has 0 heterocycles. The Morgan fingerprint density at radius 1 is 1.10 bits per heavy atom. The van der Waals surface area contributed by atoms with E-state index in [1.807, 2.05) is 30.9 Å². The molecular weight excluding hydrogens is 266 g/mol. The van der Waals surface area contributed by atoms with Gasteiger partial charge in [-0.05, 0) is 32.2 Å². The second-order valence-corrected chi connectivity index (χ2v) is 5.80. The van der Waals surface area contributed by atoms with Crippen LogP contribution in [0.25, 0.3) is 0 Å². The van der Waals surface area contributed by atoms with Crippen molar-refractivity contribution in [1.29, 1.82) is 0 Å². The van der Waals surface area contributed by atoms with Gasteiger partial charge >= 0.3 is 0 Å². The van der Waals surface area contributed by atoms with Crippen LogP contribution >= 0.6 is 11.8 Å². The van der Waals surface area contributed by atoms with Crippen LogP contribution in [0.3, 0.4) is 0 Å². The molecule has 0 saturated heterocycles. The van der Waals surface area contributed by atoms with Crippen molar-refractivity contribution in [3.63, 3.8) is 0 Å². The lowest BCUT2D eigenvalue weighted by Crippen LogP contribution is -2.19. The summed E-state index contributed by atoms with van der Waals surface area (Å²) in [5.41, 5.74) is 2.50. The predicted molar refractivity (Wildman–Crippen MR) is 86.7 cm³/mol. The minimum Gasteiger partial charge on any atom is -0.496 e. The number of ether oxygens (including phenoxy) is 1. The van der Waals surface area contributed by atoms with Crippen LogP contribution < -0.4 is 10.1 Å². The van der Waals surface area contributed by atoms with Gasteiger partial charge in [-0.25, -0.2) is 0 Å². The number of benzene rings is 2. The van der Waals surface area contributed by atoms with Gasteiger partial charge in [0.05, 0.1) is 7.11 Å². The minimum absolute atomic E-state index is 0.275. The monoisotopic (exact) mass is 287 g/mol. The Labute approximate surface area is 125 Å². The van der Waals surface area contributed by atoms with E-state index in [0.717, 1.165) is 11.5 Å². The molecule has 2 aromatic carbocycles. The Bertz CT molecular complexity index is 539. The maximum Gasteiger partial charge on any atom is 0.123 e. The Morgan fingerprint density at radius 3 is 2.45 bits per heavy atom.